The van der Waals surface area contributed by atoms with Gasteiger partial charge in [-0.05, 0) is 24.1 Å². The molecule has 0 amide bonds. The molecule has 0 bridgehead atoms. The molecule has 19 heavy (non-hydrogen) atoms. The van der Waals surface area contributed by atoms with Crippen molar-refractivity contribution in [2.75, 3.05) is 18.5 Å². The van der Waals surface area contributed by atoms with Crippen LogP contribution in [0.4, 0.5) is 18.9 Å². The van der Waals surface area contributed by atoms with Crippen LogP contribution in [-0.4, -0.2) is 24.7 Å². The van der Waals surface area contributed by atoms with Crippen LogP contribution in [0, 0.1) is 5.92 Å². The van der Waals surface area contributed by atoms with Gasteiger partial charge in [0, 0.05) is 19.3 Å². The van der Waals surface area contributed by atoms with E-state index in [1.54, 1.807) is 11.9 Å². The van der Waals surface area contributed by atoms with E-state index in [9.17, 15) is 18.0 Å². The van der Waals surface area contributed by atoms with Crippen LogP contribution in [0.5, 0.6) is 0 Å². The van der Waals surface area contributed by atoms with Gasteiger partial charge in [0.25, 0.3) is 0 Å². The minimum atomic E-state index is -4.68. The molecule has 0 saturated carbocycles. The number of nitrogens with zero attached hydrogens (tertiary/aromatic N) is 1. The molecule has 1 aromatic rings. The SMILES string of the molecule is CC(C)CN(C)c1ccc(C(=O)O)c(C(F)(F)F)c1. The van der Waals surface area contributed by atoms with Crippen LogP contribution in [0.2, 0.25) is 0 Å². The number of anilines is 1. The number of carboxylic acid groups (broad SMARTS) is 1. The molecule has 1 aromatic carbocycles. The Hall–Kier alpha value is -1.72. The third-order valence-electron chi connectivity index (χ3n) is 2.62. The van der Waals surface area contributed by atoms with Gasteiger partial charge in [-0.15, -0.1) is 0 Å². The molecule has 0 heterocycles. The minimum absolute atomic E-state index is 0.290. The average molecular weight is 275 g/mol. The Morgan fingerprint density at radius 1 is 1.37 bits per heavy atom. The first-order chi connectivity index (χ1) is 8.62. The lowest BCUT2D eigenvalue weighted by molar-refractivity contribution is -0.138. The topological polar surface area (TPSA) is 40.5 Å². The smallest absolute Gasteiger partial charge is 0.417 e. The maximum Gasteiger partial charge on any atom is 0.417 e. The summed E-state index contributed by atoms with van der Waals surface area (Å²) in [5.41, 5.74) is -1.49. The number of rotatable bonds is 4. The highest BCUT2D eigenvalue weighted by Crippen LogP contribution is 2.34. The standard InChI is InChI=1S/C13H16F3NO2/c1-8(2)7-17(3)9-4-5-10(12(18)19)11(6-9)13(14,15)16/h4-6,8H,7H2,1-3H3,(H,18,19). The van der Waals surface area contributed by atoms with Crippen LogP contribution in [0.15, 0.2) is 18.2 Å². The molecule has 3 nitrogen and oxygen atoms in total. The van der Waals surface area contributed by atoms with Crippen molar-refractivity contribution < 1.29 is 23.1 Å². The van der Waals surface area contributed by atoms with E-state index in [1.807, 2.05) is 13.8 Å². The summed E-state index contributed by atoms with van der Waals surface area (Å²) in [6, 6.07) is 3.27. The highest BCUT2D eigenvalue weighted by Gasteiger charge is 2.35. The van der Waals surface area contributed by atoms with Crippen molar-refractivity contribution in [3.05, 3.63) is 29.3 Å². The van der Waals surface area contributed by atoms with Crippen LogP contribution < -0.4 is 4.90 Å². The Morgan fingerprint density at radius 3 is 2.37 bits per heavy atom. The number of halogens is 3. The second-order valence-corrected chi connectivity index (χ2v) is 4.81. The summed E-state index contributed by atoms with van der Waals surface area (Å²) in [7, 11) is 1.68. The van der Waals surface area contributed by atoms with Crippen molar-refractivity contribution in [3.8, 4) is 0 Å². The zero-order valence-corrected chi connectivity index (χ0v) is 11.0. The molecule has 0 aliphatic rings. The number of benzene rings is 1. The molecule has 6 heteroatoms. The molecule has 0 aliphatic carbocycles. The Labute approximate surface area is 109 Å². The molecule has 0 aromatic heterocycles. The van der Waals surface area contributed by atoms with Crippen molar-refractivity contribution in [1.29, 1.82) is 0 Å². The predicted octanol–water partition coefficient (Wildman–Crippen LogP) is 3.50. The Kier molecular flexibility index (Phi) is 4.44. The number of alkyl halides is 3. The first-order valence-electron chi connectivity index (χ1n) is 5.78. The van der Waals surface area contributed by atoms with Crippen molar-refractivity contribution in [3.63, 3.8) is 0 Å². The number of hydrogen-bond donors (Lipinski definition) is 1. The monoisotopic (exact) mass is 275 g/mol. The van der Waals surface area contributed by atoms with E-state index in [4.69, 9.17) is 5.11 Å². The Morgan fingerprint density at radius 2 is 1.95 bits per heavy atom. The van der Waals surface area contributed by atoms with E-state index in [1.165, 1.54) is 6.07 Å². The van der Waals surface area contributed by atoms with Gasteiger partial charge in [0.2, 0.25) is 0 Å². The largest absolute Gasteiger partial charge is 0.478 e. The van der Waals surface area contributed by atoms with Gasteiger partial charge in [-0.2, -0.15) is 13.2 Å². The highest BCUT2D eigenvalue weighted by atomic mass is 19.4. The Bertz CT molecular complexity index is 469. The van der Waals surface area contributed by atoms with Crippen molar-refractivity contribution in [2.24, 2.45) is 5.92 Å². The van der Waals surface area contributed by atoms with Gasteiger partial charge in [-0.1, -0.05) is 13.8 Å². The number of aromatic carboxylic acids is 1. The molecule has 1 rings (SSSR count). The van der Waals surface area contributed by atoms with E-state index in [0.29, 0.717) is 18.2 Å². The molecule has 106 valence electrons. The van der Waals surface area contributed by atoms with Crippen LogP contribution in [0.3, 0.4) is 0 Å². The number of carboxylic acids is 1. The maximum atomic E-state index is 12.8. The fourth-order valence-electron chi connectivity index (χ4n) is 1.84. The fourth-order valence-corrected chi connectivity index (χ4v) is 1.84. The zero-order chi connectivity index (χ0) is 14.8. The van der Waals surface area contributed by atoms with Gasteiger partial charge in [0.1, 0.15) is 0 Å². The van der Waals surface area contributed by atoms with E-state index in [2.05, 4.69) is 0 Å². The summed E-state index contributed by atoms with van der Waals surface area (Å²) in [5.74, 6) is -1.29. The summed E-state index contributed by atoms with van der Waals surface area (Å²) in [6.45, 7) is 4.49. The van der Waals surface area contributed by atoms with Gasteiger partial charge in [0.05, 0.1) is 11.1 Å². The summed E-state index contributed by atoms with van der Waals surface area (Å²) >= 11 is 0. The first kappa shape index (κ1) is 15.3. The normalized spacial score (nSPS) is 11.7. The Balaban J connectivity index is 3.22. The average Bonchev–Trinajstić information content (AvgIpc) is 2.25. The third kappa shape index (κ3) is 3.87. The fraction of sp³-hybridized carbons (Fsp3) is 0.462. The molecule has 0 spiro atoms. The molecule has 1 N–H and O–H groups in total. The van der Waals surface area contributed by atoms with E-state index < -0.39 is 23.3 Å². The number of hydrogen-bond acceptors (Lipinski definition) is 2. The molecule has 0 fully saturated rings. The van der Waals surface area contributed by atoms with Crippen LogP contribution >= 0.6 is 0 Å². The van der Waals surface area contributed by atoms with Gasteiger partial charge in [-0.25, -0.2) is 4.79 Å². The van der Waals surface area contributed by atoms with Gasteiger partial charge < -0.3 is 10.0 Å². The summed E-state index contributed by atoms with van der Waals surface area (Å²) in [6.07, 6.45) is -4.68. The molecule has 0 unspecified atom stereocenters. The van der Waals surface area contributed by atoms with Gasteiger partial charge in [0.15, 0.2) is 0 Å². The molecule has 0 radical (unpaired) electrons. The summed E-state index contributed by atoms with van der Waals surface area (Å²) in [5, 5.41) is 8.79. The van der Waals surface area contributed by atoms with Gasteiger partial charge in [-0.3, -0.25) is 0 Å². The quantitative estimate of drug-likeness (QED) is 0.914. The summed E-state index contributed by atoms with van der Waals surface area (Å²) in [4.78, 5) is 12.5. The van der Waals surface area contributed by atoms with E-state index in [-0.39, 0.29) is 0 Å². The van der Waals surface area contributed by atoms with Crippen molar-refractivity contribution in [1.82, 2.24) is 0 Å². The zero-order valence-electron chi connectivity index (χ0n) is 11.0. The summed E-state index contributed by atoms with van der Waals surface area (Å²) < 4.78 is 38.5. The molecular weight excluding hydrogens is 259 g/mol. The molecule has 0 saturated heterocycles. The second kappa shape index (κ2) is 5.50. The lowest BCUT2D eigenvalue weighted by Crippen LogP contribution is -2.23. The predicted molar refractivity (Wildman–Crippen MR) is 66.5 cm³/mol. The van der Waals surface area contributed by atoms with Crippen molar-refractivity contribution in [2.45, 2.75) is 20.0 Å². The van der Waals surface area contributed by atoms with Crippen molar-refractivity contribution >= 4 is 11.7 Å². The van der Waals surface area contributed by atoms with E-state index >= 15 is 0 Å². The lowest BCUT2D eigenvalue weighted by Gasteiger charge is -2.23. The second-order valence-electron chi connectivity index (χ2n) is 4.81. The molecular formula is C13H16F3NO2. The molecule has 0 aliphatic heterocycles. The lowest BCUT2D eigenvalue weighted by atomic mass is 10.1. The van der Waals surface area contributed by atoms with Crippen LogP contribution in [0.1, 0.15) is 29.8 Å². The highest BCUT2D eigenvalue weighted by molar-refractivity contribution is 5.90. The third-order valence-corrected chi connectivity index (χ3v) is 2.62. The van der Waals surface area contributed by atoms with Crippen LogP contribution in [0.25, 0.3) is 0 Å². The van der Waals surface area contributed by atoms with Crippen LogP contribution in [-0.2, 0) is 6.18 Å². The molecule has 0 atom stereocenters. The minimum Gasteiger partial charge on any atom is -0.478 e. The van der Waals surface area contributed by atoms with Gasteiger partial charge >= 0.3 is 12.1 Å². The number of carbonyl (C=O) groups is 1. The first-order valence-corrected chi connectivity index (χ1v) is 5.78. The maximum absolute atomic E-state index is 12.8. The van der Waals surface area contributed by atoms with E-state index in [0.717, 1.165) is 12.1 Å².